The van der Waals surface area contributed by atoms with E-state index in [-0.39, 0.29) is 11.4 Å². The molecule has 1 aliphatic heterocycles. The molecule has 0 fully saturated rings. The van der Waals surface area contributed by atoms with Crippen LogP contribution in [0.5, 0.6) is 0 Å². The van der Waals surface area contributed by atoms with E-state index >= 15 is 4.39 Å². The van der Waals surface area contributed by atoms with E-state index in [4.69, 9.17) is 5.73 Å². The molecular formula is C25H21F2N3O. The van der Waals surface area contributed by atoms with Gasteiger partial charge in [-0.1, -0.05) is 18.2 Å². The molecule has 1 aromatic heterocycles. The molecule has 4 nitrogen and oxygen atoms in total. The molecule has 0 bridgehead atoms. The van der Waals surface area contributed by atoms with Gasteiger partial charge in [0.1, 0.15) is 11.6 Å². The van der Waals surface area contributed by atoms with Gasteiger partial charge >= 0.3 is 0 Å². The number of aryl methyl sites for hydroxylation is 1. The highest BCUT2D eigenvalue weighted by Crippen LogP contribution is 2.41. The summed E-state index contributed by atoms with van der Waals surface area (Å²) in [6.07, 6.45) is 0.790. The largest absolute Gasteiger partial charge is 0.366 e. The molecule has 0 atom stereocenters. The molecule has 0 saturated carbocycles. The predicted octanol–water partition coefficient (Wildman–Crippen LogP) is 4.83. The smallest absolute Gasteiger partial charge is 0.250 e. The lowest BCUT2D eigenvalue weighted by Crippen LogP contribution is -2.24. The van der Waals surface area contributed by atoms with E-state index in [0.29, 0.717) is 22.2 Å². The van der Waals surface area contributed by atoms with E-state index in [1.165, 1.54) is 18.2 Å². The fourth-order valence-electron chi connectivity index (χ4n) is 4.63. The van der Waals surface area contributed by atoms with Crippen LogP contribution in [0.2, 0.25) is 0 Å². The molecule has 4 N–H and O–H groups in total. The van der Waals surface area contributed by atoms with Crippen molar-refractivity contribution in [3.8, 4) is 22.4 Å². The van der Waals surface area contributed by atoms with E-state index in [0.717, 1.165) is 47.3 Å². The highest BCUT2D eigenvalue weighted by atomic mass is 19.1. The van der Waals surface area contributed by atoms with E-state index < -0.39 is 11.7 Å². The van der Waals surface area contributed by atoms with Crippen molar-refractivity contribution in [2.24, 2.45) is 5.73 Å². The number of nitrogens with two attached hydrogens (primary N) is 1. The van der Waals surface area contributed by atoms with Crippen molar-refractivity contribution < 1.29 is 13.6 Å². The Morgan fingerprint density at radius 1 is 1.10 bits per heavy atom. The van der Waals surface area contributed by atoms with Crippen LogP contribution in [0, 0.1) is 18.6 Å². The van der Waals surface area contributed by atoms with Gasteiger partial charge in [-0.05, 0) is 78.0 Å². The van der Waals surface area contributed by atoms with Crippen LogP contribution in [0.4, 0.5) is 8.78 Å². The molecule has 4 aromatic rings. The molecule has 0 aliphatic carbocycles. The van der Waals surface area contributed by atoms with Gasteiger partial charge < -0.3 is 16.0 Å². The van der Waals surface area contributed by atoms with Crippen molar-refractivity contribution in [3.63, 3.8) is 0 Å². The van der Waals surface area contributed by atoms with Gasteiger partial charge in [-0.2, -0.15) is 0 Å². The number of nitrogens with one attached hydrogen (secondary N) is 2. The third kappa shape index (κ3) is 3.11. The van der Waals surface area contributed by atoms with Gasteiger partial charge in [0.2, 0.25) is 0 Å². The molecule has 1 aliphatic rings. The van der Waals surface area contributed by atoms with Crippen molar-refractivity contribution in [1.82, 2.24) is 10.3 Å². The number of halogens is 2. The van der Waals surface area contributed by atoms with Crippen molar-refractivity contribution in [2.45, 2.75) is 19.9 Å². The maximum atomic E-state index is 15.6. The minimum atomic E-state index is -0.707. The maximum Gasteiger partial charge on any atom is 0.250 e. The van der Waals surface area contributed by atoms with Gasteiger partial charge in [-0.3, -0.25) is 4.79 Å². The molecule has 3 aromatic carbocycles. The number of primary amides is 1. The summed E-state index contributed by atoms with van der Waals surface area (Å²) in [5.41, 5.74) is 11.9. The molecule has 0 saturated heterocycles. The van der Waals surface area contributed by atoms with Crippen LogP contribution in [0.25, 0.3) is 33.3 Å². The number of aromatic amines is 1. The number of rotatable bonds is 3. The first-order valence-corrected chi connectivity index (χ1v) is 10.2. The second-order valence-corrected chi connectivity index (χ2v) is 7.90. The number of hydrogen-bond donors (Lipinski definition) is 3. The lowest BCUT2D eigenvalue weighted by Gasteiger charge is -2.21. The molecule has 156 valence electrons. The van der Waals surface area contributed by atoms with Crippen molar-refractivity contribution in [2.75, 3.05) is 6.54 Å². The van der Waals surface area contributed by atoms with Gasteiger partial charge in [-0.25, -0.2) is 8.78 Å². The Kier molecular flexibility index (Phi) is 4.59. The SMILES string of the molecule is Cc1c(-c2ccc(F)cc2)[nH]c2c(C(N)=O)cc(F)c(-c3cccc4c3CCNC4)c12. The summed E-state index contributed by atoms with van der Waals surface area (Å²) in [4.78, 5) is 15.4. The average molecular weight is 417 g/mol. The molecule has 0 unspecified atom stereocenters. The van der Waals surface area contributed by atoms with Crippen LogP contribution < -0.4 is 11.1 Å². The van der Waals surface area contributed by atoms with Gasteiger partial charge in [0, 0.05) is 23.2 Å². The van der Waals surface area contributed by atoms with Gasteiger partial charge in [0.05, 0.1) is 11.1 Å². The van der Waals surface area contributed by atoms with Crippen LogP contribution in [0.3, 0.4) is 0 Å². The van der Waals surface area contributed by atoms with E-state index in [1.54, 1.807) is 12.1 Å². The summed E-state index contributed by atoms with van der Waals surface area (Å²) < 4.78 is 29.0. The molecule has 2 heterocycles. The highest BCUT2D eigenvalue weighted by molar-refractivity contribution is 6.12. The standard InChI is InChI=1S/C25H21F2N3O/c1-13-21-22(18-4-2-3-15-12-29-10-9-17(15)18)20(27)11-19(25(28)31)24(21)30-23(13)14-5-7-16(26)8-6-14/h2-8,11,29-30H,9-10,12H2,1H3,(H2,28,31). The van der Waals surface area contributed by atoms with Crippen LogP contribution in [-0.4, -0.2) is 17.4 Å². The monoisotopic (exact) mass is 417 g/mol. The molecular weight excluding hydrogens is 396 g/mol. The first-order valence-electron chi connectivity index (χ1n) is 10.2. The number of carbonyl (C=O) groups excluding carboxylic acids is 1. The zero-order valence-electron chi connectivity index (χ0n) is 17.0. The summed E-state index contributed by atoms with van der Waals surface area (Å²) in [5.74, 6) is -1.53. The Morgan fingerprint density at radius 3 is 2.61 bits per heavy atom. The fraction of sp³-hybridized carbons (Fsp3) is 0.160. The number of benzene rings is 3. The third-order valence-corrected chi connectivity index (χ3v) is 6.09. The number of hydrogen-bond acceptors (Lipinski definition) is 2. The lowest BCUT2D eigenvalue weighted by molar-refractivity contribution is 0.100. The molecule has 5 rings (SSSR count). The number of carbonyl (C=O) groups is 1. The maximum absolute atomic E-state index is 15.6. The highest BCUT2D eigenvalue weighted by Gasteiger charge is 2.25. The zero-order chi connectivity index (χ0) is 21.7. The van der Waals surface area contributed by atoms with Gasteiger partial charge in [0.15, 0.2) is 0 Å². The van der Waals surface area contributed by atoms with E-state index in [1.807, 2.05) is 25.1 Å². The Hall–Kier alpha value is -3.51. The van der Waals surface area contributed by atoms with Crippen molar-refractivity contribution in [3.05, 3.63) is 82.4 Å². The van der Waals surface area contributed by atoms with Gasteiger partial charge in [-0.15, -0.1) is 0 Å². The normalized spacial score (nSPS) is 13.4. The summed E-state index contributed by atoms with van der Waals surface area (Å²) in [5, 5.41) is 3.97. The minimum Gasteiger partial charge on any atom is -0.366 e. The van der Waals surface area contributed by atoms with Crippen molar-refractivity contribution in [1.29, 1.82) is 0 Å². The average Bonchev–Trinajstić information content (AvgIpc) is 3.10. The number of H-pyrrole nitrogens is 1. The number of aromatic nitrogens is 1. The topological polar surface area (TPSA) is 70.9 Å². The van der Waals surface area contributed by atoms with E-state index in [2.05, 4.69) is 10.3 Å². The first-order chi connectivity index (χ1) is 15.0. The summed E-state index contributed by atoms with van der Waals surface area (Å²) in [6, 6.07) is 13.2. The Morgan fingerprint density at radius 2 is 1.87 bits per heavy atom. The Labute approximate surface area is 178 Å². The first kappa shape index (κ1) is 19.5. The second kappa shape index (κ2) is 7.32. The molecule has 6 heteroatoms. The van der Waals surface area contributed by atoms with Gasteiger partial charge in [0.25, 0.3) is 5.91 Å². The fourth-order valence-corrected chi connectivity index (χ4v) is 4.63. The minimum absolute atomic E-state index is 0.0965. The molecule has 31 heavy (non-hydrogen) atoms. The van der Waals surface area contributed by atoms with Crippen LogP contribution in [0.1, 0.15) is 27.0 Å². The molecule has 0 radical (unpaired) electrons. The predicted molar refractivity (Wildman–Crippen MR) is 118 cm³/mol. The zero-order valence-corrected chi connectivity index (χ0v) is 17.0. The summed E-state index contributed by atoms with van der Waals surface area (Å²) >= 11 is 0. The van der Waals surface area contributed by atoms with Crippen LogP contribution in [0.15, 0.2) is 48.5 Å². The Balaban J connectivity index is 1.86. The quantitative estimate of drug-likeness (QED) is 0.447. The van der Waals surface area contributed by atoms with Crippen LogP contribution in [-0.2, 0) is 13.0 Å². The van der Waals surface area contributed by atoms with E-state index in [9.17, 15) is 9.18 Å². The third-order valence-electron chi connectivity index (χ3n) is 6.09. The Bertz CT molecular complexity index is 1340. The second-order valence-electron chi connectivity index (χ2n) is 7.90. The molecule has 1 amide bonds. The summed E-state index contributed by atoms with van der Waals surface area (Å²) in [7, 11) is 0. The number of amides is 1. The molecule has 0 spiro atoms. The summed E-state index contributed by atoms with van der Waals surface area (Å²) in [6.45, 7) is 3.43. The number of fused-ring (bicyclic) bond motifs is 2. The van der Waals surface area contributed by atoms with Crippen LogP contribution >= 0.6 is 0 Å². The van der Waals surface area contributed by atoms with Crippen molar-refractivity contribution >= 4 is 16.8 Å². The lowest BCUT2D eigenvalue weighted by atomic mass is 9.88.